The molecule has 8 heteroatoms. The molecule has 3 aliphatic rings. The lowest BCUT2D eigenvalue weighted by Crippen LogP contribution is -2.44. The van der Waals surface area contributed by atoms with Crippen molar-refractivity contribution in [3.05, 3.63) is 22.4 Å². The van der Waals surface area contributed by atoms with E-state index < -0.39 is 0 Å². The number of rotatable bonds is 7. The number of nitrogens with one attached hydrogen (secondary N) is 1. The molecule has 154 valence electrons. The van der Waals surface area contributed by atoms with Crippen molar-refractivity contribution in [1.29, 1.82) is 0 Å². The molecule has 0 bridgehead atoms. The highest BCUT2D eigenvalue weighted by molar-refractivity contribution is 7.09. The molecule has 1 atom stereocenters. The fourth-order valence-corrected chi connectivity index (χ4v) is 5.17. The van der Waals surface area contributed by atoms with Crippen molar-refractivity contribution in [3.63, 3.8) is 0 Å². The maximum absolute atomic E-state index is 13.1. The first-order valence-corrected chi connectivity index (χ1v) is 11.1. The van der Waals surface area contributed by atoms with Crippen LogP contribution in [0.3, 0.4) is 0 Å². The van der Waals surface area contributed by atoms with E-state index in [1.165, 1.54) is 0 Å². The van der Waals surface area contributed by atoms with Gasteiger partial charge in [0.2, 0.25) is 11.8 Å². The molecule has 1 N–H and O–H groups in total. The molecule has 1 aromatic heterocycles. The van der Waals surface area contributed by atoms with Gasteiger partial charge in [0.25, 0.3) is 0 Å². The normalized spacial score (nSPS) is 26.4. The Labute approximate surface area is 170 Å². The standard InChI is InChI=1S/C20H30N4O3S/c25-18(21-14-17-2-1-13-28-17)15-23-5-3-20(16-23)4-6-24(19(20)26)8-7-22-9-11-27-12-10-22/h1-2,13H,3-12,14-16H2,(H,21,25). The number of thiophene rings is 1. The zero-order valence-corrected chi connectivity index (χ0v) is 17.2. The van der Waals surface area contributed by atoms with Crippen LogP contribution in [0.2, 0.25) is 0 Å². The molecular weight excluding hydrogens is 376 g/mol. The van der Waals surface area contributed by atoms with Gasteiger partial charge in [-0.15, -0.1) is 11.3 Å². The van der Waals surface area contributed by atoms with Crippen LogP contribution in [0.5, 0.6) is 0 Å². The summed E-state index contributed by atoms with van der Waals surface area (Å²) in [4.78, 5) is 33.1. The number of likely N-dealkylation sites (tertiary alicyclic amines) is 2. The van der Waals surface area contributed by atoms with E-state index in [0.29, 0.717) is 25.5 Å². The zero-order valence-electron chi connectivity index (χ0n) is 16.4. The van der Waals surface area contributed by atoms with Gasteiger partial charge in [-0.25, -0.2) is 0 Å². The van der Waals surface area contributed by atoms with E-state index in [0.717, 1.165) is 70.2 Å². The second kappa shape index (κ2) is 8.90. The summed E-state index contributed by atoms with van der Waals surface area (Å²) in [6.45, 7) is 8.61. The molecule has 0 radical (unpaired) electrons. The first-order chi connectivity index (χ1) is 13.6. The topological polar surface area (TPSA) is 65.1 Å². The molecule has 1 aromatic rings. The summed E-state index contributed by atoms with van der Waals surface area (Å²) >= 11 is 1.65. The van der Waals surface area contributed by atoms with Crippen molar-refractivity contribution in [2.75, 3.05) is 65.6 Å². The van der Waals surface area contributed by atoms with Crippen molar-refractivity contribution in [3.8, 4) is 0 Å². The van der Waals surface area contributed by atoms with Crippen LogP contribution in [0.25, 0.3) is 0 Å². The van der Waals surface area contributed by atoms with Crippen LogP contribution in [0.1, 0.15) is 17.7 Å². The Morgan fingerprint density at radius 3 is 2.75 bits per heavy atom. The lowest BCUT2D eigenvalue weighted by molar-refractivity contribution is -0.136. The Bertz CT molecular complexity index is 677. The average molecular weight is 407 g/mol. The van der Waals surface area contributed by atoms with Gasteiger partial charge in [0.05, 0.1) is 31.7 Å². The van der Waals surface area contributed by atoms with Crippen molar-refractivity contribution in [2.24, 2.45) is 5.41 Å². The molecule has 0 aliphatic carbocycles. The minimum atomic E-state index is -0.265. The summed E-state index contributed by atoms with van der Waals surface area (Å²) in [5.74, 6) is 0.335. The van der Waals surface area contributed by atoms with Gasteiger partial charge in [0, 0.05) is 44.1 Å². The molecule has 1 unspecified atom stereocenters. The molecule has 0 saturated carbocycles. The SMILES string of the molecule is O=C(CN1CCC2(CCN(CCN3CCOCC3)C2=O)C1)NCc1cccs1. The van der Waals surface area contributed by atoms with Gasteiger partial charge >= 0.3 is 0 Å². The van der Waals surface area contributed by atoms with Crippen LogP contribution in [-0.4, -0.2) is 92.1 Å². The maximum atomic E-state index is 13.1. The van der Waals surface area contributed by atoms with E-state index in [9.17, 15) is 9.59 Å². The summed E-state index contributed by atoms with van der Waals surface area (Å²) in [6, 6.07) is 4.02. The monoisotopic (exact) mass is 406 g/mol. The number of carbonyl (C=O) groups is 2. The third-order valence-corrected chi connectivity index (χ3v) is 7.11. The minimum Gasteiger partial charge on any atom is -0.379 e. The van der Waals surface area contributed by atoms with E-state index in [1.54, 1.807) is 11.3 Å². The van der Waals surface area contributed by atoms with Crippen molar-refractivity contribution < 1.29 is 14.3 Å². The van der Waals surface area contributed by atoms with E-state index in [2.05, 4.69) is 15.1 Å². The Hall–Kier alpha value is -1.48. The zero-order chi connectivity index (χ0) is 19.4. The Balaban J connectivity index is 1.22. The molecule has 3 aliphatic heterocycles. The van der Waals surface area contributed by atoms with Crippen LogP contribution in [0.4, 0.5) is 0 Å². The van der Waals surface area contributed by atoms with Crippen molar-refractivity contribution >= 4 is 23.2 Å². The van der Waals surface area contributed by atoms with Crippen LogP contribution < -0.4 is 5.32 Å². The van der Waals surface area contributed by atoms with Gasteiger partial charge in [-0.05, 0) is 30.8 Å². The summed E-state index contributed by atoms with van der Waals surface area (Å²) < 4.78 is 5.39. The number of amides is 2. The molecule has 3 fully saturated rings. The summed E-state index contributed by atoms with van der Waals surface area (Å²) in [5, 5.41) is 5.00. The third kappa shape index (κ3) is 4.56. The Morgan fingerprint density at radius 2 is 1.96 bits per heavy atom. The number of hydrogen-bond acceptors (Lipinski definition) is 6. The molecule has 1 spiro atoms. The number of morpholine rings is 1. The highest BCUT2D eigenvalue weighted by Gasteiger charge is 2.50. The molecule has 28 heavy (non-hydrogen) atoms. The molecule has 4 heterocycles. The van der Waals surface area contributed by atoms with Crippen LogP contribution in [-0.2, 0) is 20.9 Å². The smallest absolute Gasteiger partial charge is 0.234 e. The fraction of sp³-hybridized carbons (Fsp3) is 0.700. The van der Waals surface area contributed by atoms with Gasteiger partial charge < -0.3 is 15.0 Å². The number of hydrogen-bond donors (Lipinski definition) is 1. The number of ether oxygens (including phenoxy) is 1. The van der Waals surface area contributed by atoms with E-state index >= 15 is 0 Å². The molecular formula is C20H30N4O3S. The van der Waals surface area contributed by atoms with Crippen molar-refractivity contribution in [1.82, 2.24) is 20.0 Å². The van der Waals surface area contributed by atoms with Gasteiger partial charge in [0.1, 0.15) is 0 Å². The molecule has 2 amide bonds. The predicted molar refractivity (Wildman–Crippen MR) is 108 cm³/mol. The number of nitrogens with zero attached hydrogens (tertiary/aromatic N) is 3. The van der Waals surface area contributed by atoms with E-state index in [-0.39, 0.29) is 11.3 Å². The predicted octanol–water partition coefficient (Wildman–Crippen LogP) is 0.621. The second-order valence-corrected chi connectivity index (χ2v) is 9.13. The van der Waals surface area contributed by atoms with Crippen LogP contribution in [0, 0.1) is 5.41 Å². The third-order valence-electron chi connectivity index (χ3n) is 6.23. The van der Waals surface area contributed by atoms with Gasteiger partial charge in [-0.3, -0.25) is 19.4 Å². The number of carbonyl (C=O) groups excluding carboxylic acids is 2. The summed E-state index contributed by atoms with van der Waals surface area (Å²) in [7, 11) is 0. The molecule has 3 saturated heterocycles. The highest BCUT2D eigenvalue weighted by atomic mass is 32.1. The van der Waals surface area contributed by atoms with Crippen LogP contribution >= 0.6 is 11.3 Å². The largest absolute Gasteiger partial charge is 0.379 e. The first kappa shape index (κ1) is 19.8. The van der Waals surface area contributed by atoms with Gasteiger partial charge in [0.15, 0.2) is 0 Å². The maximum Gasteiger partial charge on any atom is 0.234 e. The minimum absolute atomic E-state index is 0.0417. The quantitative estimate of drug-likeness (QED) is 0.719. The average Bonchev–Trinajstić information content (AvgIpc) is 3.43. The van der Waals surface area contributed by atoms with Crippen molar-refractivity contribution in [2.45, 2.75) is 19.4 Å². The Kier molecular flexibility index (Phi) is 6.30. The van der Waals surface area contributed by atoms with Crippen LogP contribution in [0.15, 0.2) is 17.5 Å². The molecule has 4 rings (SSSR count). The lowest BCUT2D eigenvalue weighted by Gasteiger charge is -2.29. The molecule has 7 nitrogen and oxygen atoms in total. The molecule has 0 aromatic carbocycles. The van der Waals surface area contributed by atoms with Gasteiger partial charge in [-0.1, -0.05) is 6.07 Å². The highest BCUT2D eigenvalue weighted by Crippen LogP contribution is 2.40. The summed E-state index contributed by atoms with van der Waals surface area (Å²) in [5.41, 5.74) is -0.265. The van der Waals surface area contributed by atoms with E-state index in [1.807, 2.05) is 22.4 Å². The Morgan fingerprint density at radius 1 is 1.14 bits per heavy atom. The van der Waals surface area contributed by atoms with E-state index in [4.69, 9.17) is 4.74 Å². The second-order valence-electron chi connectivity index (χ2n) is 8.09. The fourth-order valence-electron chi connectivity index (χ4n) is 4.52. The van der Waals surface area contributed by atoms with Gasteiger partial charge in [-0.2, -0.15) is 0 Å². The summed E-state index contributed by atoms with van der Waals surface area (Å²) in [6.07, 6.45) is 1.79. The first-order valence-electron chi connectivity index (χ1n) is 10.3. The lowest BCUT2D eigenvalue weighted by atomic mass is 9.85.